The van der Waals surface area contributed by atoms with Crippen molar-refractivity contribution in [1.29, 1.82) is 0 Å². The van der Waals surface area contributed by atoms with Crippen LogP contribution < -0.4 is 10.2 Å². The second kappa shape index (κ2) is 14.6. The fraction of sp³-hybridized carbons (Fsp3) is 0.282. The number of pyridine rings is 1. The number of carbonyl (C=O) groups is 2. The van der Waals surface area contributed by atoms with Gasteiger partial charge >= 0.3 is 18.3 Å². The molecule has 0 saturated carbocycles. The molecule has 280 valence electrons. The fourth-order valence-electron chi connectivity index (χ4n) is 7.17. The summed E-state index contributed by atoms with van der Waals surface area (Å²) in [6.45, 7) is 0.0194. The number of fused-ring (bicyclic) bond motifs is 1. The van der Waals surface area contributed by atoms with Gasteiger partial charge in [0.15, 0.2) is 0 Å². The highest BCUT2D eigenvalue weighted by Gasteiger charge is 2.55. The van der Waals surface area contributed by atoms with Crippen molar-refractivity contribution in [2.24, 2.45) is 0 Å². The van der Waals surface area contributed by atoms with E-state index >= 15 is 0 Å². The van der Waals surface area contributed by atoms with Crippen LogP contribution in [0, 0.1) is 0 Å². The van der Waals surface area contributed by atoms with Crippen molar-refractivity contribution >= 4 is 23.5 Å². The Bertz CT molecular complexity index is 2080. The molecule has 0 spiro atoms. The third-order valence-corrected chi connectivity index (χ3v) is 9.77. The van der Waals surface area contributed by atoms with E-state index in [9.17, 15) is 41.0 Å². The minimum absolute atomic E-state index is 0.0495. The van der Waals surface area contributed by atoms with E-state index in [0.29, 0.717) is 22.9 Å². The molecule has 5 aromatic rings. The Morgan fingerprint density at radius 2 is 1.46 bits per heavy atom. The number of amides is 1. The molecule has 7 rings (SSSR count). The Kier molecular flexibility index (Phi) is 9.92. The van der Waals surface area contributed by atoms with Crippen molar-refractivity contribution in [2.45, 2.75) is 55.8 Å². The van der Waals surface area contributed by atoms with Crippen molar-refractivity contribution in [2.75, 3.05) is 23.3 Å². The van der Waals surface area contributed by atoms with Gasteiger partial charge in [-0.3, -0.25) is 4.79 Å². The molecule has 2 atom stereocenters. The van der Waals surface area contributed by atoms with Crippen molar-refractivity contribution in [3.63, 3.8) is 0 Å². The number of hydrogen-bond donors (Lipinski definition) is 2. The van der Waals surface area contributed by atoms with Crippen molar-refractivity contribution in [1.82, 2.24) is 14.8 Å². The van der Waals surface area contributed by atoms with Crippen LogP contribution in [0.4, 0.5) is 38.0 Å². The quantitative estimate of drug-likeness (QED) is 0.124. The molecule has 9 nitrogen and oxygen atoms in total. The largest absolute Gasteiger partial charge is 0.457 e. The molecule has 0 unspecified atom stereocenters. The minimum atomic E-state index is -5.01. The average Bonchev–Trinajstić information content (AvgIpc) is 3.52. The Morgan fingerprint density at radius 1 is 0.889 bits per heavy atom. The van der Waals surface area contributed by atoms with Crippen LogP contribution in [-0.4, -0.2) is 57.1 Å². The molecule has 2 aromatic heterocycles. The van der Waals surface area contributed by atoms with Crippen molar-refractivity contribution < 1.29 is 45.8 Å². The Morgan fingerprint density at radius 3 is 2.02 bits per heavy atom. The second-order valence-corrected chi connectivity index (χ2v) is 13.2. The summed E-state index contributed by atoms with van der Waals surface area (Å²) in [6.07, 6.45) is -11.4. The molecular weight excluding hydrogens is 716 g/mol. The third-order valence-electron chi connectivity index (χ3n) is 9.77. The predicted octanol–water partition coefficient (Wildman–Crippen LogP) is 7.63. The monoisotopic (exact) mass is 749 g/mol. The van der Waals surface area contributed by atoms with Gasteiger partial charge in [-0.25, -0.2) is 14.5 Å². The number of anilines is 2. The zero-order valence-corrected chi connectivity index (χ0v) is 28.4. The average molecular weight is 750 g/mol. The van der Waals surface area contributed by atoms with Gasteiger partial charge in [0.25, 0.3) is 5.91 Å². The van der Waals surface area contributed by atoms with Gasteiger partial charge in [-0.1, -0.05) is 91.0 Å². The smallest absolute Gasteiger partial charge is 0.418 e. The van der Waals surface area contributed by atoms with Gasteiger partial charge in [0.05, 0.1) is 16.8 Å². The Hall–Kier alpha value is -5.70. The third kappa shape index (κ3) is 7.27. The molecular formula is C39H33F6N5O4. The molecule has 1 saturated heterocycles. The first-order chi connectivity index (χ1) is 25.8. The van der Waals surface area contributed by atoms with Crippen LogP contribution in [0.1, 0.15) is 74.6 Å². The molecule has 54 heavy (non-hydrogen) atoms. The highest BCUT2D eigenvalue weighted by Crippen LogP contribution is 2.49. The molecule has 2 aliphatic heterocycles. The van der Waals surface area contributed by atoms with E-state index in [1.807, 2.05) is 0 Å². The number of alkyl halides is 6. The van der Waals surface area contributed by atoms with E-state index in [0.717, 1.165) is 6.07 Å². The lowest BCUT2D eigenvalue weighted by atomic mass is 9.82. The van der Waals surface area contributed by atoms with Crippen LogP contribution in [0.15, 0.2) is 103 Å². The maximum atomic E-state index is 14.8. The zero-order chi connectivity index (χ0) is 38.2. The Balaban J connectivity index is 1.23. The van der Waals surface area contributed by atoms with Gasteiger partial charge in [-0.05, 0) is 35.6 Å². The minimum Gasteiger partial charge on any atom is -0.457 e. The van der Waals surface area contributed by atoms with Crippen LogP contribution in [-0.2, 0) is 22.3 Å². The number of ether oxygens (including phenoxy) is 1. The molecule has 0 aliphatic carbocycles. The first-order valence-electron chi connectivity index (χ1n) is 17.1. The number of esters is 1. The van der Waals surface area contributed by atoms with E-state index in [4.69, 9.17) is 9.84 Å². The molecule has 0 bridgehead atoms. The lowest BCUT2D eigenvalue weighted by Crippen LogP contribution is -2.45. The number of carbonyl (C=O) groups excluding carboxylic acids is 2. The number of hydrogen-bond acceptors (Lipinski definition) is 7. The molecule has 15 heteroatoms. The van der Waals surface area contributed by atoms with Crippen molar-refractivity contribution in [3.8, 4) is 0 Å². The van der Waals surface area contributed by atoms with E-state index < -0.39 is 59.3 Å². The molecule has 2 N–H and O–H groups in total. The summed E-state index contributed by atoms with van der Waals surface area (Å²) in [5.74, 6) is -5.68. The van der Waals surface area contributed by atoms with Gasteiger partial charge in [-0.15, -0.1) is 0 Å². The van der Waals surface area contributed by atoms with Gasteiger partial charge in [0, 0.05) is 30.8 Å². The highest BCUT2D eigenvalue weighted by molar-refractivity contribution is 5.98. The van der Waals surface area contributed by atoms with Crippen molar-refractivity contribution in [3.05, 3.63) is 142 Å². The summed E-state index contributed by atoms with van der Waals surface area (Å²) >= 11 is 0. The number of rotatable bonds is 8. The van der Waals surface area contributed by atoms with E-state index in [1.165, 1.54) is 4.68 Å². The lowest BCUT2D eigenvalue weighted by molar-refractivity contribution is -0.177. The number of aliphatic hydroxyl groups excluding tert-OH is 1. The van der Waals surface area contributed by atoms with Crippen LogP contribution in [0.25, 0.3) is 0 Å². The predicted molar refractivity (Wildman–Crippen MR) is 185 cm³/mol. The number of nitrogens with one attached hydrogen (secondary N) is 1. The molecule has 1 amide bonds. The number of benzene rings is 3. The van der Waals surface area contributed by atoms with Crippen LogP contribution >= 0.6 is 0 Å². The number of aliphatic hydroxyl groups is 1. The Labute approximate surface area is 305 Å². The number of halogens is 6. The van der Waals surface area contributed by atoms with Gasteiger partial charge in [0.2, 0.25) is 0 Å². The highest BCUT2D eigenvalue weighted by atomic mass is 19.4. The molecule has 1 fully saturated rings. The summed E-state index contributed by atoms with van der Waals surface area (Å²) in [5.41, 5.74) is -0.310. The summed E-state index contributed by atoms with van der Waals surface area (Å²) in [7, 11) is 0. The van der Waals surface area contributed by atoms with Crippen LogP contribution in [0.2, 0.25) is 0 Å². The van der Waals surface area contributed by atoms with E-state index in [2.05, 4.69) is 10.3 Å². The maximum Gasteiger partial charge on any atom is 0.418 e. The van der Waals surface area contributed by atoms with E-state index in [1.54, 1.807) is 95.9 Å². The lowest BCUT2D eigenvalue weighted by Gasteiger charge is -2.35. The maximum absolute atomic E-state index is 14.8. The van der Waals surface area contributed by atoms with Crippen LogP contribution in [0.5, 0.6) is 0 Å². The van der Waals surface area contributed by atoms with E-state index in [-0.39, 0.29) is 55.4 Å². The topological polar surface area (TPSA) is 110 Å². The molecule has 4 heterocycles. The molecule has 0 radical (unpaired) electrons. The van der Waals surface area contributed by atoms with Gasteiger partial charge < -0.3 is 20.1 Å². The zero-order valence-electron chi connectivity index (χ0n) is 28.4. The normalized spacial score (nSPS) is 18.0. The summed E-state index contributed by atoms with van der Waals surface area (Å²) < 4.78 is 92.9. The summed E-state index contributed by atoms with van der Waals surface area (Å²) in [5, 5.41) is 18.0. The second-order valence-electron chi connectivity index (χ2n) is 13.2. The standard InChI is InChI=1S/C39H33F6N5O4/c40-38(41,42)28-21-46-29(20-27(28)37(53)54-22-23-10-4-1-5-11-23)49-18-16-24(17-19-49)32-30-31(39(43,44)45)34(51)36(52)47-35(30)50(48-32)33(25-12-6-2-7-13-25)26-14-8-3-9-15-26/h1-15,20-21,24,31,33-34,51H,16-19,22H2,(H,47,52)/t31-,34-/m1/s1. The SMILES string of the molecule is O=C(OCc1ccccc1)c1cc(N2CCC(c3nn(C(c4ccccc4)c4ccccc4)c4c3[C@@H](C(F)(F)F)[C@@H](O)C(=O)N4)CC2)ncc1C(F)(F)F. The van der Waals surface area contributed by atoms with Gasteiger partial charge in [0.1, 0.15) is 36.3 Å². The fourth-order valence-corrected chi connectivity index (χ4v) is 7.17. The van der Waals surface area contributed by atoms with Crippen LogP contribution in [0.3, 0.4) is 0 Å². The first-order valence-corrected chi connectivity index (χ1v) is 17.1. The first kappa shape index (κ1) is 36.6. The number of aromatic nitrogens is 3. The molecule has 2 aliphatic rings. The van der Waals surface area contributed by atoms with Gasteiger partial charge in [-0.2, -0.15) is 31.4 Å². The number of nitrogens with zero attached hydrogens (tertiary/aromatic N) is 4. The molecule has 3 aromatic carbocycles. The summed E-state index contributed by atoms with van der Waals surface area (Å²) in [4.78, 5) is 31.5. The number of piperidine rings is 1. The summed E-state index contributed by atoms with van der Waals surface area (Å²) in [6, 6.07) is 26.6.